The van der Waals surface area contributed by atoms with Crippen LogP contribution in [0.5, 0.6) is 0 Å². The van der Waals surface area contributed by atoms with Gasteiger partial charge in [0.1, 0.15) is 0 Å². The molecule has 0 saturated carbocycles. The zero-order valence-corrected chi connectivity index (χ0v) is 11.5. The van der Waals surface area contributed by atoms with E-state index < -0.39 is 0 Å². The molecule has 3 rings (SSSR count). The summed E-state index contributed by atoms with van der Waals surface area (Å²) >= 11 is 0. The Kier molecular flexibility index (Phi) is 3.39. The molecule has 2 N–H and O–H groups in total. The van der Waals surface area contributed by atoms with Gasteiger partial charge in [0.05, 0.1) is 0 Å². The maximum atomic E-state index is 5.84. The molecule has 1 aliphatic rings. The van der Waals surface area contributed by atoms with Crippen molar-refractivity contribution >= 4 is 0 Å². The summed E-state index contributed by atoms with van der Waals surface area (Å²) in [4.78, 5) is 0. The molecular weight excluding hydrogens is 230 g/mol. The number of benzene rings is 2. The number of rotatable bonds is 3. The summed E-state index contributed by atoms with van der Waals surface area (Å²) < 4.78 is 0. The zero-order valence-electron chi connectivity index (χ0n) is 11.5. The Labute approximate surface area is 115 Å². The van der Waals surface area contributed by atoms with Gasteiger partial charge in [0.2, 0.25) is 0 Å². The Morgan fingerprint density at radius 2 is 1.63 bits per heavy atom. The minimum Gasteiger partial charge on any atom is -0.328 e. The summed E-state index contributed by atoms with van der Waals surface area (Å²) in [5, 5.41) is 0. The lowest BCUT2D eigenvalue weighted by molar-refractivity contribution is 0.738. The van der Waals surface area contributed by atoms with Gasteiger partial charge in [0, 0.05) is 6.04 Å². The third kappa shape index (κ3) is 2.71. The predicted octanol–water partition coefficient (Wildman–Crippen LogP) is 3.73. The Bertz CT molecular complexity index is 567. The second-order valence-electron chi connectivity index (χ2n) is 5.72. The van der Waals surface area contributed by atoms with Gasteiger partial charge in [-0.1, -0.05) is 42.5 Å². The summed E-state index contributed by atoms with van der Waals surface area (Å²) in [7, 11) is 0. The Morgan fingerprint density at radius 3 is 2.37 bits per heavy atom. The summed E-state index contributed by atoms with van der Waals surface area (Å²) in [6, 6.07) is 16.0. The lowest BCUT2D eigenvalue weighted by Crippen LogP contribution is -2.17. The van der Waals surface area contributed by atoms with E-state index in [1.165, 1.54) is 47.1 Å². The zero-order chi connectivity index (χ0) is 13.2. The minimum absolute atomic E-state index is 0.228. The molecule has 0 amide bonds. The first-order chi connectivity index (χ1) is 9.22. The lowest BCUT2D eigenvalue weighted by atomic mass is 9.98. The van der Waals surface area contributed by atoms with Crippen molar-refractivity contribution in [3.8, 4) is 11.1 Å². The quantitative estimate of drug-likeness (QED) is 0.883. The highest BCUT2D eigenvalue weighted by Crippen LogP contribution is 2.28. The number of aryl methyl sites for hydroxylation is 2. The molecule has 1 nitrogen and oxygen atoms in total. The fourth-order valence-electron chi connectivity index (χ4n) is 2.96. The summed E-state index contributed by atoms with van der Waals surface area (Å²) in [5.41, 5.74) is 12.9. The molecule has 0 fully saturated rings. The Balaban J connectivity index is 1.86. The summed E-state index contributed by atoms with van der Waals surface area (Å²) in [6.07, 6.45) is 4.76. The molecule has 0 spiro atoms. The van der Waals surface area contributed by atoms with Gasteiger partial charge < -0.3 is 5.73 Å². The fraction of sp³-hybridized carbons (Fsp3) is 0.333. The number of hydrogen-bond acceptors (Lipinski definition) is 1. The van der Waals surface area contributed by atoms with Crippen LogP contribution in [0.1, 0.15) is 30.0 Å². The van der Waals surface area contributed by atoms with Gasteiger partial charge in [-0.05, 0) is 60.4 Å². The van der Waals surface area contributed by atoms with Crippen molar-refractivity contribution in [3.05, 3.63) is 59.2 Å². The van der Waals surface area contributed by atoms with Crippen LogP contribution in [-0.4, -0.2) is 6.04 Å². The minimum atomic E-state index is 0.228. The Morgan fingerprint density at radius 1 is 0.947 bits per heavy atom. The van der Waals surface area contributed by atoms with Crippen molar-refractivity contribution in [2.45, 2.75) is 38.6 Å². The maximum Gasteiger partial charge on any atom is 0.00509 e. The van der Waals surface area contributed by atoms with E-state index in [0.29, 0.717) is 0 Å². The van der Waals surface area contributed by atoms with E-state index in [0.717, 1.165) is 6.42 Å². The van der Waals surface area contributed by atoms with Gasteiger partial charge >= 0.3 is 0 Å². The van der Waals surface area contributed by atoms with E-state index in [4.69, 9.17) is 5.73 Å². The van der Waals surface area contributed by atoms with Crippen LogP contribution in [0.15, 0.2) is 42.5 Å². The molecule has 2 aromatic rings. The van der Waals surface area contributed by atoms with Crippen LogP contribution in [0, 0.1) is 0 Å². The predicted molar refractivity (Wildman–Crippen MR) is 81.3 cm³/mol. The molecule has 1 atom stereocenters. The van der Waals surface area contributed by atoms with Gasteiger partial charge in [0.25, 0.3) is 0 Å². The molecule has 1 aliphatic carbocycles. The molecule has 1 heteroatoms. The van der Waals surface area contributed by atoms with E-state index in [1.807, 2.05) is 0 Å². The van der Waals surface area contributed by atoms with Crippen molar-refractivity contribution in [1.29, 1.82) is 0 Å². The molecular formula is C18H21N. The van der Waals surface area contributed by atoms with Crippen LogP contribution in [0.2, 0.25) is 0 Å². The lowest BCUT2D eigenvalue weighted by Gasteiger charge is -2.08. The normalized spacial score (nSPS) is 15.3. The van der Waals surface area contributed by atoms with E-state index in [-0.39, 0.29) is 6.04 Å². The topological polar surface area (TPSA) is 26.0 Å². The maximum absolute atomic E-state index is 5.84. The molecule has 0 aromatic heterocycles. The first-order valence-electron chi connectivity index (χ1n) is 7.19. The largest absolute Gasteiger partial charge is 0.328 e. The van der Waals surface area contributed by atoms with E-state index in [9.17, 15) is 0 Å². The third-order valence-electron chi connectivity index (χ3n) is 3.94. The van der Waals surface area contributed by atoms with Gasteiger partial charge in [0.15, 0.2) is 0 Å². The molecule has 2 aromatic carbocycles. The van der Waals surface area contributed by atoms with Crippen molar-refractivity contribution in [1.82, 2.24) is 0 Å². The van der Waals surface area contributed by atoms with E-state index in [2.05, 4.69) is 49.4 Å². The fourth-order valence-corrected chi connectivity index (χ4v) is 2.96. The number of nitrogens with two attached hydrogens (primary N) is 1. The standard InChI is InChI=1S/C18H21N/c1-13(19)11-14-5-7-16(8-6-14)18-10-9-15-3-2-4-17(15)12-18/h5-10,12-13H,2-4,11,19H2,1H3. The van der Waals surface area contributed by atoms with Crippen LogP contribution in [0.3, 0.4) is 0 Å². The van der Waals surface area contributed by atoms with Crippen LogP contribution >= 0.6 is 0 Å². The molecule has 98 valence electrons. The first-order valence-corrected chi connectivity index (χ1v) is 7.19. The van der Waals surface area contributed by atoms with Crippen molar-refractivity contribution in [2.75, 3.05) is 0 Å². The van der Waals surface area contributed by atoms with Gasteiger partial charge in [-0.15, -0.1) is 0 Å². The number of hydrogen-bond donors (Lipinski definition) is 1. The average molecular weight is 251 g/mol. The summed E-state index contributed by atoms with van der Waals surface area (Å²) in [5.74, 6) is 0. The van der Waals surface area contributed by atoms with E-state index in [1.54, 1.807) is 0 Å². The second kappa shape index (κ2) is 5.18. The molecule has 19 heavy (non-hydrogen) atoms. The van der Waals surface area contributed by atoms with Gasteiger partial charge in [-0.25, -0.2) is 0 Å². The smallest absolute Gasteiger partial charge is 0.00509 e. The third-order valence-corrected chi connectivity index (χ3v) is 3.94. The molecule has 0 bridgehead atoms. The van der Waals surface area contributed by atoms with Crippen molar-refractivity contribution in [2.24, 2.45) is 5.73 Å². The Hall–Kier alpha value is -1.60. The number of fused-ring (bicyclic) bond motifs is 1. The van der Waals surface area contributed by atoms with Crippen LogP contribution < -0.4 is 5.73 Å². The molecule has 0 saturated heterocycles. The molecule has 0 aliphatic heterocycles. The van der Waals surface area contributed by atoms with Crippen molar-refractivity contribution < 1.29 is 0 Å². The highest BCUT2D eigenvalue weighted by molar-refractivity contribution is 5.65. The first kappa shape index (κ1) is 12.4. The van der Waals surface area contributed by atoms with Gasteiger partial charge in [-0.2, -0.15) is 0 Å². The second-order valence-corrected chi connectivity index (χ2v) is 5.72. The SMILES string of the molecule is CC(N)Cc1ccc(-c2ccc3c(c2)CCC3)cc1. The molecule has 0 heterocycles. The van der Waals surface area contributed by atoms with Crippen LogP contribution in [0.4, 0.5) is 0 Å². The van der Waals surface area contributed by atoms with Crippen LogP contribution in [0.25, 0.3) is 11.1 Å². The highest BCUT2D eigenvalue weighted by atomic mass is 14.6. The van der Waals surface area contributed by atoms with Crippen LogP contribution in [-0.2, 0) is 19.3 Å². The highest BCUT2D eigenvalue weighted by Gasteiger charge is 2.11. The van der Waals surface area contributed by atoms with Crippen molar-refractivity contribution in [3.63, 3.8) is 0 Å². The molecule has 1 unspecified atom stereocenters. The van der Waals surface area contributed by atoms with Gasteiger partial charge in [-0.3, -0.25) is 0 Å². The van der Waals surface area contributed by atoms with E-state index >= 15 is 0 Å². The monoisotopic (exact) mass is 251 g/mol. The molecule has 0 radical (unpaired) electrons. The average Bonchev–Trinajstić information content (AvgIpc) is 2.86. The summed E-state index contributed by atoms with van der Waals surface area (Å²) in [6.45, 7) is 2.05.